The summed E-state index contributed by atoms with van der Waals surface area (Å²) in [6.45, 7) is 3.60. The van der Waals surface area contributed by atoms with Crippen molar-refractivity contribution in [3.63, 3.8) is 0 Å². The zero-order chi connectivity index (χ0) is 15.0. The molecule has 0 saturated carbocycles. The zero-order valence-corrected chi connectivity index (χ0v) is 11.7. The highest BCUT2D eigenvalue weighted by Crippen LogP contribution is 2.27. The molecule has 0 radical (unpaired) electrons. The molecule has 104 valence electrons. The average Bonchev–Trinajstić information content (AvgIpc) is 2.50. The summed E-state index contributed by atoms with van der Waals surface area (Å²) in [6, 6.07) is 6.67. The first-order valence-corrected chi connectivity index (χ1v) is 6.57. The third-order valence-corrected chi connectivity index (χ3v) is 3.48. The Balaban J connectivity index is 2.35. The first-order chi connectivity index (χ1) is 10.1. The van der Waals surface area contributed by atoms with E-state index in [1.54, 1.807) is 31.5 Å². The van der Waals surface area contributed by atoms with Crippen LogP contribution in [0.1, 0.15) is 21.5 Å². The van der Waals surface area contributed by atoms with Gasteiger partial charge in [0.15, 0.2) is 6.29 Å². The van der Waals surface area contributed by atoms with E-state index in [1.807, 2.05) is 13.0 Å². The van der Waals surface area contributed by atoms with Gasteiger partial charge in [-0.05, 0) is 43.7 Å². The topological polar surface area (TPSA) is 42.9 Å². The lowest BCUT2D eigenvalue weighted by Gasteiger charge is -2.09. The standard InChI is InChI=1S/C17H13FN2O/c1-10-5-13(8-19-7-10)17-14(9-21)6-12-3-4-15(18)11(2)16(12)20-17/h3-9H,1-2H3. The number of nitrogens with zero attached hydrogens (tertiary/aromatic N) is 2. The van der Waals surface area contributed by atoms with Crippen molar-refractivity contribution in [2.45, 2.75) is 13.8 Å². The maximum absolute atomic E-state index is 13.7. The molecule has 21 heavy (non-hydrogen) atoms. The van der Waals surface area contributed by atoms with Gasteiger partial charge in [0.1, 0.15) is 5.82 Å². The molecule has 2 heterocycles. The van der Waals surface area contributed by atoms with Gasteiger partial charge in [0.2, 0.25) is 0 Å². The highest BCUT2D eigenvalue weighted by Gasteiger charge is 2.12. The van der Waals surface area contributed by atoms with Crippen molar-refractivity contribution in [3.8, 4) is 11.3 Å². The van der Waals surface area contributed by atoms with Gasteiger partial charge in [-0.1, -0.05) is 0 Å². The first kappa shape index (κ1) is 13.4. The van der Waals surface area contributed by atoms with E-state index in [0.29, 0.717) is 22.3 Å². The minimum Gasteiger partial charge on any atom is -0.298 e. The fourth-order valence-corrected chi connectivity index (χ4v) is 2.38. The lowest BCUT2D eigenvalue weighted by atomic mass is 10.0. The van der Waals surface area contributed by atoms with E-state index in [-0.39, 0.29) is 5.82 Å². The molecule has 2 aromatic heterocycles. The fraction of sp³-hybridized carbons (Fsp3) is 0.118. The minimum atomic E-state index is -0.304. The number of aldehydes is 1. The molecule has 0 aliphatic rings. The molecule has 1 aromatic carbocycles. The highest BCUT2D eigenvalue weighted by atomic mass is 19.1. The van der Waals surface area contributed by atoms with Gasteiger partial charge in [-0.2, -0.15) is 0 Å². The van der Waals surface area contributed by atoms with E-state index in [9.17, 15) is 9.18 Å². The lowest BCUT2D eigenvalue weighted by molar-refractivity contribution is 0.112. The van der Waals surface area contributed by atoms with Crippen LogP contribution in [-0.2, 0) is 0 Å². The molecular formula is C17H13FN2O. The Kier molecular flexibility index (Phi) is 3.22. The van der Waals surface area contributed by atoms with Crippen LogP contribution in [-0.4, -0.2) is 16.3 Å². The molecule has 0 unspecified atom stereocenters. The normalized spacial score (nSPS) is 10.8. The number of pyridine rings is 2. The molecule has 3 aromatic rings. The predicted molar refractivity (Wildman–Crippen MR) is 79.8 cm³/mol. The van der Waals surface area contributed by atoms with Gasteiger partial charge in [-0.3, -0.25) is 9.78 Å². The van der Waals surface area contributed by atoms with Crippen molar-refractivity contribution in [3.05, 3.63) is 59.2 Å². The summed E-state index contributed by atoms with van der Waals surface area (Å²) in [5.41, 5.74) is 3.78. The molecular weight excluding hydrogens is 267 g/mol. The number of carbonyl (C=O) groups is 1. The molecule has 0 atom stereocenters. The zero-order valence-electron chi connectivity index (χ0n) is 11.7. The van der Waals surface area contributed by atoms with Crippen LogP contribution >= 0.6 is 0 Å². The lowest BCUT2D eigenvalue weighted by Crippen LogP contribution is -1.97. The van der Waals surface area contributed by atoms with Crippen LogP contribution in [0.2, 0.25) is 0 Å². The summed E-state index contributed by atoms with van der Waals surface area (Å²) in [6.07, 6.45) is 4.15. The minimum absolute atomic E-state index is 0.304. The second-order valence-corrected chi connectivity index (χ2v) is 5.04. The highest BCUT2D eigenvalue weighted by molar-refractivity contribution is 5.94. The fourth-order valence-electron chi connectivity index (χ4n) is 2.38. The number of aromatic nitrogens is 2. The Hall–Kier alpha value is -2.62. The number of rotatable bonds is 2. The Morgan fingerprint density at radius 2 is 1.95 bits per heavy atom. The predicted octanol–water partition coefficient (Wildman–Crippen LogP) is 3.87. The number of hydrogen-bond acceptors (Lipinski definition) is 3. The molecule has 3 rings (SSSR count). The Bertz CT molecular complexity index is 859. The Morgan fingerprint density at radius 3 is 2.67 bits per heavy atom. The van der Waals surface area contributed by atoms with E-state index >= 15 is 0 Å². The van der Waals surface area contributed by atoms with Crippen molar-refractivity contribution < 1.29 is 9.18 Å². The Morgan fingerprint density at radius 1 is 1.14 bits per heavy atom. The van der Waals surface area contributed by atoms with Crippen molar-refractivity contribution >= 4 is 17.2 Å². The van der Waals surface area contributed by atoms with Gasteiger partial charge >= 0.3 is 0 Å². The summed E-state index contributed by atoms with van der Waals surface area (Å²) < 4.78 is 13.7. The molecule has 0 N–H and O–H groups in total. The third-order valence-electron chi connectivity index (χ3n) is 3.48. The van der Waals surface area contributed by atoms with Crippen molar-refractivity contribution in [1.29, 1.82) is 0 Å². The number of benzene rings is 1. The van der Waals surface area contributed by atoms with Crippen molar-refractivity contribution in [1.82, 2.24) is 9.97 Å². The van der Waals surface area contributed by atoms with E-state index in [2.05, 4.69) is 9.97 Å². The van der Waals surface area contributed by atoms with Crippen molar-refractivity contribution in [2.75, 3.05) is 0 Å². The number of halogens is 1. The van der Waals surface area contributed by atoms with Crippen LogP contribution < -0.4 is 0 Å². The molecule has 0 amide bonds. The largest absolute Gasteiger partial charge is 0.298 e. The monoisotopic (exact) mass is 280 g/mol. The van der Waals surface area contributed by atoms with Crippen LogP contribution in [0.15, 0.2) is 36.7 Å². The molecule has 3 nitrogen and oxygen atoms in total. The maximum atomic E-state index is 13.7. The number of hydrogen-bond donors (Lipinski definition) is 0. The molecule has 0 spiro atoms. The van der Waals surface area contributed by atoms with Crippen LogP contribution in [0.5, 0.6) is 0 Å². The maximum Gasteiger partial charge on any atom is 0.152 e. The van der Waals surface area contributed by atoms with Gasteiger partial charge in [0.05, 0.1) is 11.2 Å². The van der Waals surface area contributed by atoms with Crippen molar-refractivity contribution in [2.24, 2.45) is 0 Å². The molecule has 0 saturated heterocycles. The van der Waals surface area contributed by atoms with Gasteiger partial charge in [-0.15, -0.1) is 0 Å². The summed E-state index contributed by atoms with van der Waals surface area (Å²) >= 11 is 0. The van der Waals surface area contributed by atoms with Crippen LogP contribution in [0.3, 0.4) is 0 Å². The molecule has 0 bridgehead atoms. The summed E-state index contributed by atoms with van der Waals surface area (Å²) in [5, 5.41) is 0.750. The average molecular weight is 280 g/mol. The van der Waals surface area contributed by atoms with Crippen LogP contribution in [0.4, 0.5) is 4.39 Å². The summed E-state index contributed by atoms with van der Waals surface area (Å²) in [7, 11) is 0. The number of carbonyl (C=O) groups excluding carboxylic acids is 1. The molecule has 0 aliphatic heterocycles. The number of aryl methyl sites for hydroxylation is 2. The van der Waals surface area contributed by atoms with Gasteiger partial charge < -0.3 is 0 Å². The third kappa shape index (κ3) is 2.29. The molecule has 4 heteroatoms. The van der Waals surface area contributed by atoms with E-state index < -0.39 is 0 Å². The van der Waals surface area contributed by atoms with Gasteiger partial charge in [-0.25, -0.2) is 9.37 Å². The van der Waals surface area contributed by atoms with E-state index in [4.69, 9.17) is 0 Å². The van der Waals surface area contributed by atoms with E-state index in [1.165, 1.54) is 6.07 Å². The second-order valence-electron chi connectivity index (χ2n) is 5.04. The van der Waals surface area contributed by atoms with Gasteiger partial charge in [0, 0.05) is 34.5 Å². The summed E-state index contributed by atoms with van der Waals surface area (Å²) in [4.78, 5) is 20.0. The number of fused-ring (bicyclic) bond motifs is 1. The van der Waals surface area contributed by atoms with Crippen LogP contribution in [0.25, 0.3) is 22.2 Å². The summed E-state index contributed by atoms with van der Waals surface area (Å²) in [5.74, 6) is -0.304. The second kappa shape index (κ2) is 5.05. The molecule has 0 fully saturated rings. The first-order valence-electron chi connectivity index (χ1n) is 6.57. The smallest absolute Gasteiger partial charge is 0.152 e. The Labute approximate surface area is 121 Å². The SMILES string of the molecule is Cc1cncc(-c2nc3c(C)c(F)ccc3cc2C=O)c1. The van der Waals surface area contributed by atoms with Gasteiger partial charge in [0.25, 0.3) is 0 Å². The quantitative estimate of drug-likeness (QED) is 0.669. The molecule has 0 aliphatic carbocycles. The van der Waals surface area contributed by atoms with Crippen LogP contribution in [0, 0.1) is 19.7 Å². The van der Waals surface area contributed by atoms with E-state index in [0.717, 1.165) is 22.8 Å².